The van der Waals surface area contributed by atoms with Gasteiger partial charge in [0.05, 0.1) is 9.40 Å². The van der Waals surface area contributed by atoms with E-state index in [0.29, 0.717) is 0 Å². The van der Waals surface area contributed by atoms with E-state index in [9.17, 15) is 0 Å². The summed E-state index contributed by atoms with van der Waals surface area (Å²) in [5, 5.41) is 5.05. The molecule has 0 N–H and O–H groups in total. The van der Waals surface area contributed by atoms with Gasteiger partial charge in [-0.2, -0.15) is 0 Å². The molecule has 0 atom stereocenters. The zero-order valence-electron chi connectivity index (χ0n) is 30.0. The van der Waals surface area contributed by atoms with Crippen molar-refractivity contribution in [3.05, 3.63) is 183 Å². The summed E-state index contributed by atoms with van der Waals surface area (Å²) >= 11 is 3.61. The number of aromatic nitrogens is 2. The minimum atomic E-state index is 1.19. The van der Waals surface area contributed by atoms with Gasteiger partial charge in [-0.3, -0.25) is 9.97 Å². The van der Waals surface area contributed by atoms with E-state index in [4.69, 9.17) is 0 Å². The molecule has 0 radical (unpaired) electrons. The molecule has 11 aromatic rings. The predicted molar refractivity (Wildman–Crippen MR) is 239 cm³/mol. The zero-order valence-corrected chi connectivity index (χ0v) is 31.7. The third-order valence-corrected chi connectivity index (χ3v) is 13.7. The summed E-state index contributed by atoms with van der Waals surface area (Å²) in [5.41, 5.74) is 17.2. The molecule has 56 heavy (non-hydrogen) atoms. The number of nitrogens with zero attached hydrogens (tertiary/aromatic N) is 2. The van der Waals surface area contributed by atoms with E-state index in [-0.39, 0.29) is 0 Å². The number of fused-ring (bicyclic) bond motifs is 14. The second-order valence-electron chi connectivity index (χ2n) is 14.6. The van der Waals surface area contributed by atoms with Gasteiger partial charge in [0.15, 0.2) is 0 Å². The van der Waals surface area contributed by atoms with E-state index < -0.39 is 0 Å². The molecule has 0 saturated carbocycles. The molecule has 4 heterocycles. The zero-order chi connectivity index (χ0) is 36.7. The van der Waals surface area contributed by atoms with Crippen LogP contribution in [0.4, 0.5) is 0 Å². The van der Waals surface area contributed by atoms with Crippen LogP contribution in [0.25, 0.3) is 118 Å². The molecule has 0 unspecified atom stereocenters. The topological polar surface area (TPSA) is 25.8 Å². The lowest BCUT2D eigenvalue weighted by molar-refractivity contribution is 1.37. The van der Waals surface area contributed by atoms with Gasteiger partial charge < -0.3 is 0 Å². The quantitative estimate of drug-likeness (QED) is 0.180. The Morgan fingerprint density at radius 2 is 0.643 bits per heavy atom. The molecular weight excluding hydrogens is 717 g/mol. The lowest BCUT2D eigenvalue weighted by atomic mass is 9.80. The third-order valence-electron chi connectivity index (χ3n) is 11.4. The van der Waals surface area contributed by atoms with Crippen LogP contribution in [0.3, 0.4) is 0 Å². The number of rotatable bonds is 3. The summed E-state index contributed by atoms with van der Waals surface area (Å²) in [5.74, 6) is 0. The van der Waals surface area contributed by atoms with Gasteiger partial charge in [0.25, 0.3) is 0 Å². The van der Waals surface area contributed by atoms with Crippen molar-refractivity contribution in [2.45, 2.75) is 0 Å². The maximum atomic E-state index is 4.40. The molecular formula is C52H30N2S2. The molecule has 0 saturated heterocycles. The van der Waals surface area contributed by atoms with E-state index in [1.54, 1.807) is 22.7 Å². The van der Waals surface area contributed by atoms with Crippen LogP contribution in [-0.2, 0) is 0 Å². The third kappa shape index (κ3) is 4.93. The van der Waals surface area contributed by atoms with Crippen molar-refractivity contribution in [1.82, 2.24) is 9.97 Å². The van der Waals surface area contributed by atoms with E-state index >= 15 is 0 Å². The maximum Gasteiger partial charge on any atom is 0.0538 e. The first kappa shape index (κ1) is 31.6. The molecule has 4 aromatic heterocycles. The van der Waals surface area contributed by atoms with Crippen molar-refractivity contribution in [2.24, 2.45) is 0 Å². The Labute approximate surface area is 331 Å². The standard InChI is InChI=1S/C52H30N2S2/c1-2-8-38-37(7-1)39-9-3-4-11-41(39)43-16-13-31(26-46(43)42-12-6-5-10-40(38)42)34-23-35(32-14-17-49-47(27-32)44-19-21-53-29-51(44)55-49)25-36(24-34)33-15-18-50-48(28-33)45-20-22-54-30-52(45)56-50/h1-30H. The van der Waals surface area contributed by atoms with Gasteiger partial charge in [0, 0.05) is 55.7 Å². The van der Waals surface area contributed by atoms with Crippen LogP contribution in [0.2, 0.25) is 0 Å². The maximum absolute atomic E-state index is 4.40. The van der Waals surface area contributed by atoms with Crippen LogP contribution in [0.15, 0.2) is 183 Å². The van der Waals surface area contributed by atoms with Crippen LogP contribution in [-0.4, -0.2) is 9.97 Å². The largest absolute Gasteiger partial charge is 0.263 e. The molecule has 260 valence electrons. The average Bonchev–Trinajstić information content (AvgIpc) is 3.83. The smallest absolute Gasteiger partial charge is 0.0538 e. The predicted octanol–water partition coefficient (Wildman–Crippen LogP) is 15.2. The summed E-state index contributed by atoms with van der Waals surface area (Å²) < 4.78 is 4.98. The summed E-state index contributed by atoms with van der Waals surface area (Å²) in [6.07, 6.45) is 7.76. The Hall–Kier alpha value is -6.72. The molecule has 1 aliphatic carbocycles. The van der Waals surface area contributed by atoms with Crippen molar-refractivity contribution in [2.75, 3.05) is 0 Å². The highest BCUT2D eigenvalue weighted by Crippen LogP contribution is 2.49. The minimum absolute atomic E-state index is 1.19. The van der Waals surface area contributed by atoms with Gasteiger partial charge in [0.1, 0.15) is 0 Å². The molecule has 0 bridgehead atoms. The second kappa shape index (κ2) is 12.4. The van der Waals surface area contributed by atoms with Crippen molar-refractivity contribution in [1.29, 1.82) is 0 Å². The van der Waals surface area contributed by atoms with Gasteiger partial charge in [-0.15, -0.1) is 22.7 Å². The number of hydrogen-bond acceptors (Lipinski definition) is 4. The van der Waals surface area contributed by atoms with Crippen molar-refractivity contribution < 1.29 is 0 Å². The SMILES string of the molecule is c1ccc2c(c1)-c1ccccc1-c1ccc(-c3cc(-c4ccc5sc6cnccc6c5c4)cc(-c4ccc5sc6cnccc6c5c4)c3)cc1-c1ccccc1-2. The fraction of sp³-hybridized carbons (Fsp3) is 0. The molecule has 0 amide bonds. The number of thiophene rings is 2. The lowest BCUT2D eigenvalue weighted by Gasteiger charge is -2.23. The molecule has 4 heteroatoms. The summed E-state index contributed by atoms with van der Waals surface area (Å²) in [4.78, 5) is 8.81. The van der Waals surface area contributed by atoms with E-state index in [1.165, 1.54) is 118 Å². The Morgan fingerprint density at radius 3 is 1.09 bits per heavy atom. The van der Waals surface area contributed by atoms with E-state index in [0.717, 1.165) is 0 Å². The normalized spacial score (nSPS) is 11.9. The van der Waals surface area contributed by atoms with Crippen LogP contribution >= 0.6 is 22.7 Å². The molecule has 2 nitrogen and oxygen atoms in total. The van der Waals surface area contributed by atoms with Crippen molar-refractivity contribution >= 4 is 63.0 Å². The minimum Gasteiger partial charge on any atom is -0.263 e. The number of pyridine rings is 2. The van der Waals surface area contributed by atoms with Gasteiger partial charge >= 0.3 is 0 Å². The molecule has 0 spiro atoms. The second-order valence-corrected chi connectivity index (χ2v) is 16.7. The average molecular weight is 747 g/mol. The first-order valence-corrected chi connectivity index (χ1v) is 20.5. The highest BCUT2D eigenvalue weighted by atomic mass is 32.1. The van der Waals surface area contributed by atoms with Crippen LogP contribution in [0.1, 0.15) is 0 Å². The van der Waals surface area contributed by atoms with Crippen molar-refractivity contribution in [3.8, 4) is 77.9 Å². The van der Waals surface area contributed by atoms with Crippen LogP contribution in [0.5, 0.6) is 0 Å². The highest BCUT2D eigenvalue weighted by molar-refractivity contribution is 7.26. The van der Waals surface area contributed by atoms with E-state index in [1.807, 2.05) is 24.8 Å². The molecule has 7 aromatic carbocycles. The summed E-state index contributed by atoms with van der Waals surface area (Å²) in [6.45, 7) is 0. The Kier molecular flexibility index (Phi) is 7.00. The molecule has 12 rings (SSSR count). The number of benzene rings is 7. The fourth-order valence-corrected chi connectivity index (χ4v) is 10.9. The Balaban J connectivity index is 1.10. The van der Waals surface area contributed by atoms with E-state index in [2.05, 4.69) is 168 Å². The first-order valence-electron chi connectivity index (χ1n) is 18.8. The Morgan fingerprint density at radius 1 is 0.268 bits per heavy atom. The lowest BCUT2D eigenvalue weighted by Crippen LogP contribution is -1.97. The Bertz CT molecular complexity index is 3250. The highest BCUT2D eigenvalue weighted by Gasteiger charge is 2.22. The number of hydrogen-bond donors (Lipinski definition) is 0. The molecule has 1 aliphatic rings. The summed E-state index contributed by atoms with van der Waals surface area (Å²) in [7, 11) is 0. The van der Waals surface area contributed by atoms with Crippen LogP contribution in [0, 0.1) is 0 Å². The molecule has 0 aliphatic heterocycles. The van der Waals surface area contributed by atoms with Gasteiger partial charge in [-0.25, -0.2) is 0 Å². The van der Waals surface area contributed by atoms with Gasteiger partial charge in [-0.1, -0.05) is 97.1 Å². The van der Waals surface area contributed by atoms with Crippen molar-refractivity contribution in [3.63, 3.8) is 0 Å². The molecule has 0 fully saturated rings. The monoisotopic (exact) mass is 746 g/mol. The van der Waals surface area contributed by atoms with Gasteiger partial charge in [-0.05, 0) is 139 Å². The fourth-order valence-electron chi connectivity index (χ4n) is 8.79. The van der Waals surface area contributed by atoms with Gasteiger partial charge in [0.2, 0.25) is 0 Å². The first-order chi connectivity index (χ1) is 27.7. The summed E-state index contributed by atoms with van der Waals surface area (Å²) in [6, 6.07) is 58.9. The van der Waals surface area contributed by atoms with Crippen LogP contribution < -0.4 is 0 Å².